The Morgan fingerprint density at radius 1 is 1.06 bits per heavy atom. The Hall–Kier alpha value is -1.38. The lowest BCUT2D eigenvalue weighted by molar-refractivity contribution is -0.143. The van der Waals surface area contributed by atoms with Crippen molar-refractivity contribution in [3.8, 4) is 0 Å². The Morgan fingerprint density at radius 3 is 2.19 bits per heavy atom. The van der Waals surface area contributed by atoms with Crippen LogP contribution in [0.15, 0.2) is 0 Å². The summed E-state index contributed by atoms with van der Waals surface area (Å²) < 4.78 is 9.67. The maximum absolute atomic E-state index is 10.3. The van der Waals surface area contributed by atoms with E-state index in [1.165, 1.54) is 7.05 Å². The number of hydroxylamine groups is 2. The SMILES string of the molecule is CN(OCCOCCOCC(=O)O)C(=O)O. The Kier molecular flexibility index (Phi) is 8.12. The van der Waals surface area contributed by atoms with E-state index in [0.29, 0.717) is 5.06 Å². The minimum atomic E-state index is -1.19. The lowest BCUT2D eigenvalue weighted by Crippen LogP contribution is -2.26. The highest BCUT2D eigenvalue weighted by atomic mass is 16.7. The van der Waals surface area contributed by atoms with Crippen LogP contribution in [-0.2, 0) is 19.1 Å². The number of ether oxygens (including phenoxy) is 2. The van der Waals surface area contributed by atoms with Crippen molar-refractivity contribution < 1.29 is 34.1 Å². The third kappa shape index (κ3) is 9.19. The number of carbonyl (C=O) groups is 2. The topological polar surface area (TPSA) is 106 Å². The molecule has 0 aliphatic heterocycles. The molecule has 0 saturated carbocycles. The number of aliphatic carboxylic acids is 1. The molecular weight excluding hydrogens is 222 g/mol. The first-order chi connectivity index (χ1) is 7.54. The molecule has 0 aromatic carbocycles. The molecule has 0 aromatic heterocycles. The molecule has 0 bridgehead atoms. The molecule has 0 radical (unpaired) electrons. The van der Waals surface area contributed by atoms with Crippen LogP contribution in [0.2, 0.25) is 0 Å². The first-order valence-electron chi connectivity index (χ1n) is 4.51. The highest BCUT2D eigenvalue weighted by Crippen LogP contribution is 1.86. The van der Waals surface area contributed by atoms with E-state index in [1.807, 2.05) is 0 Å². The zero-order chi connectivity index (χ0) is 12.4. The molecule has 0 atom stereocenters. The summed E-state index contributed by atoms with van der Waals surface area (Å²) in [7, 11) is 1.26. The summed E-state index contributed by atoms with van der Waals surface area (Å²) in [6.45, 7) is 0.339. The zero-order valence-corrected chi connectivity index (χ0v) is 8.92. The van der Waals surface area contributed by atoms with Gasteiger partial charge in [0.05, 0.1) is 26.4 Å². The van der Waals surface area contributed by atoms with Gasteiger partial charge < -0.3 is 19.7 Å². The molecule has 94 valence electrons. The van der Waals surface area contributed by atoms with E-state index in [0.717, 1.165) is 0 Å². The molecule has 8 nitrogen and oxygen atoms in total. The van der Waals surface area contributed by atoms with Gasteiger partial charge in [0.15, 0.2) is 0 Å². The van der Waals surface area contributed by atoms with Crippen molar-refractivity contribution in [1.82, 2.24) is 5.06 Å². The van der Waals surface area contributed by atoms with Crippen molar-refractivity contribution in [1.29, 1.82) is 0 Å². The van der Waals surface area contributed by atoms with Crippen molar-refractivity contribution in [3.05, 3.63) is 0 Å². The number of rotatable bonds is 9. The van der Waals surface area contributed by atoms with E-state index in [-0.39, 0.29) is 33.0 Å². The van der Waals surface area contributed by atoms with E-state index < -0.39 is 12.1 Å². The predicted octanol–water partition coefficient (Wildman–Crippen LogP) is -0.354. The van der Waals surface area contributed by atoms with E-state index in [1.54, 1.807) is 0 Å². The number of amides is 1. The molecular formula is C8H15NO7. The van der Waals surface area contributed by atoms with Crippen LogP contribution in [0.25, 0.3) is 0 Å². The maximum atomic E-state index is 10.3. The molecule has 0 aliphatic carbocycles. The van der Waals surface area contributed by atoms with Crippen LogP contribution >= 0.6 is 0 Å². The molecule has 2 N–H and O–H groups in total. The number of nitrogens with zero attached hydrogens (tertiary/aromatic N) is 1. The Labute approximate surface area is 92.3 Å². The Balaban J connectivity index is 3.15. The van der Waals surface area contributed by atoms with Crippen LogP contribution in [0.5, 0.6) is 0 Å². The average Bonchev–Trinajstić information content (AvgIpc) is 2.21. The van der Waals surface area contributed by atoms with Gasteiger partial charge in [-0.1, -0.05) is 0 Å². The summed E-state index contributed by atoms with van der Waals surface area (Å²) in [5.41, 5.74) is 0. The highest BCUT2D eigenvalue weighted by molar-refractivity contribution is 5.67. The maximum Gasteiger partial charge on any atom is 0.431 e. The van der Waals surface area contributed by atoms with Gasteiger partial charge >= 0.3 is 12.1 Å². The molecule has 0 heterocycles. The predicted molar refractivity (Wildman–Crippen MR) is 51.0 cm³/mol. The van der Waals surface area contributed by atoms with Crippen LogP contribution in [-0.4, -0.2) is 67.4 Å². The third-order valence-corrected chi connectivity index (χ3v) is 1.38. The van der Waals surface area contributed by atoms with Gasteiger partial charge in [0.25, 0.3) is 0 Å². The minimum absolute atomic E-state index is 0.0989. The van der Waals surface area contributed by atoms with Gasteiger partial charge in [-0.15, -0.1) is 0 Å². The van der Waals surface area contributed by atoms with Crippen molar-refractivity contribution in [3.63, 3.8) is 0 Å². The number of hydrogen-bond donors (Lipinski definition) is 2. The summed E-state index contributed by atoms with van der Waals surface area (Å²) in [6, 6.07) is 0. The highest BCUT2D eigenvalue weighted by Gasteiger charge is 2.04. The number of hydrogen-bond acceptors (Lipinski definition) is 5. The normalized spacial score (nSPS) is 10.1. The molecule has 1 amide bonds. The first kappa shape index (κ1) is 14.6. The van der Waals surface area contributed by atoms with Gasteiger partial charge in [-0.25, -0.2) is 9.59 Å². The van der Waals surface area contributed by atoms with Crippen LogP contribution < -0.4 is 0 Å². The fraction of sp³-hybridized carbons (Fsp3) is 0.750. The van der Waals surface area contributed by atoms with Crippen LogP contribution in [0, 0.1) is 0 Å². The fourth-order valence-electron chi connectivity index (χ4n) is 0.668. The lowest BCUT2D eigenvalue weighted by Gasteiger charge is -2.12. The van der Waals surface area contributed by atoms with Crippen molar-refractivity contribution >= 4 is 12.1 Å². The molecule has 8 heteroatoms. The van der Waals surface area contributed by atoms with Gasteiger partial charge in [0.1, 0.15) is 6.61 Å². The minimum Gasteiger partial charge on any atom is -0.480 e. The Bertz CT molecular complexity index is 220. The first-order valence-corrected chi connectivity index (χ1v) is 4.51. The molecule has 0 spiro atoms. The molecule has 16 heavy (non-hydrogen) atoms. The van der Waals surface area contributed by atoms with Gasteiger partial charge in [-0.05, 0) is 0 Å². The third-order valence-electron chi connectivity index (χ3n) is 1.38. The second-order valence-electron chi connectivity index (χ2n) is 2.67. The smallest absolute Gasteiger partial charge is 0.431 e. The molecule has 0 aromatic rings. The van der Waals surface area contributed by atoms with Crippen LogP contribution in [0.3, 0.4) is 0 Å². The van der Waals surface area contributed by atoms with E-state index in [4.69, 9.17) is 24.5 Å². The summed E-state index contributed by atoms with van der Waals surface area (Å²) >= 11 is 0. The molecule has 0 aliphatic rings. The summed E-state index contributed by atoms with van der Waals surface area (Å²) in [5.74, 6) is -1.04. The molecule has 0 rings (SSSR count). The van der Waals surface area contributed by atoms with Crippen LogP contribution in [0.1, 0.15) is 0 Å². The number of carboxylic acid groups (broad SMARTS) is 2. The van der Waals surface area contributed by atoms with E-state index >= 15 is 0 Å². The van der Waals surface area contributed by atoms with E-state index in [2.05, 4.69) is 0 Å². The fourth-order valence-corrected chi connectivity index (χ4v) is 0.668. The summed E-state index contributed by atoms with van der Waals surface area (Å²) in [6.07, 6.45) is -1.19. The quantitative estimate of drug-likeness (QED) is 0.417. The largest absolute Gasteiger partial charge is 0.480 e. The average molecular weight is 237 g/mol. The van der Waals surface area contributed by atoms with Gasteiger partial charge in [-0.2, -0.15) is 5.06 Å². The monoisotopic (exact) mass is 237 g/mol. The summed E-state index contributed by atoms with van der Waals surface area (Å²) in [5, 5.41) is 17.3. The summed E-state index contributed by atoms with van der Waals surface area (Å²) in [4.78, 5) is 25.0. The lowest BCUT2D eigenvalue weighted by atomic mass is 10.7. The molecule has 0 fully saturated rings. The second kappa shape index (κ2) is 8.89. The molecule has 0 saturated heterocycles. The van der Waals surface area contributed by atoms with Gasteiger partial charge in [-0.3, -0.25) is 4.84 Å². The second-order valence-corrected chi connectivity index (χ2v) is 2.67. The van der Waals surface area contributed by atoms with E-state index in [9.17, 15) is 9.59 Å². The Morgan fingerprint density at radius 2 is 1.62 bits per heavy atom. The standard InChI is InChI=1S/C8H15NO7/c1-9(8(12)13)16-5-4-14-2-3-15-6-7(10)11/h2-6H2,1H3,(H,10,11)(H,12,13). The van der Waals surface area contributed by atoms with Gasteiger partial charge in [0.2, 0.25) is 0 Å². The molecule has 0 unspecified atom stereocenters. The zero-order valence-electron chi connectivity index (χ0n) is 8.92. The van der Waals surface area contributed by atoms with Crippen molar-refractivity contribution in [2.24, 2.45) is 0 Å². The van der Waals surface area contributed by atoms with Gasteiger partial charge in [0, 0.05) is 7.05 Å². The number of carboxylic acids is 1. The van der Waals surface area contributed by atoms with Crippen molar-refractivity contribution in [2.45, 2.75) is 0 Å². The van der Waals surface area contributed by atoms with Crippen LogP contribution in [0.4, 0.5) is 4.79 Å². The van der Waals surface area contributed by atoms with Crippen molar-refractivity contribution in [2.75, 3.05) is 40.1 Å².